The van der Waals surface area contributed by atoms with Gasteiger partial charge in [-0.3, -0.25) is 0 Å². The average molecular weight is 272 g/mol. The predicted molar refractivity (Wildman–Crippen MR) is 81.8 cm³/mol. The topological polar surface area (TPSA) is 16.1 Å². The van der Waals surface area contributed by atoms with Gasteiger partial charge in [-0.05, 0) is 37.2 Å². The number of anilines is 1. The molecule has 1 atom stereocenters. The lowest BCUT2D eigenvalue weighted by Gasteiger charge is -2.32. The molecule has 1 aromatic heterocycles. The Morgan fingerprint density at radius 3 is 2.95 bits per heavy atom. The SMILES string of the molecule is c1ccc(CCC2CCCN(c3nccs3)C2)cc1. The number of hydrogen-bond acceptors (Lipinski definition) is 3. The van der Waals surface area contributed by atoms with Gasteiger partial charge < -0.3 is 4.90 Å². The third-order valence-corrected chi connectivity index (χ3v) is 4.73. The Morgan fingerprint density at radius 2 is 2.16 bits per heavy atom. The molecule has 1 aliphatic heterocycles. The first-order chi connectivity index (χ1) is 9.42. The summed E-state index contributed by atoms with van der Waals surface area (Å²) in [4.78, 5) is 6.90. The molecule has 3 heteroatoms. The smallest absolute Gasteiger partial charge is 0.185 e. The Morgan fingerprint density at radius 1 is 1.26 bits per heavy atom. The molecule has 0 amide bonds. The van der Waals surface area contributed by atoms with Gasteiger partial charge >= 0.3 is 0 Å². The summed E-state index contributed by atoms with van der Waals surface area (Å²) in [6.07, 6.45) is 7.09. The number of nitrogens with zero attached hydrogens (tertiary/aromatic N) is 2. The van der Waals surface area contributed by atoms with E-state index in [1.165, 1.54) is 49.5 Å². The summed E-state index contributed by atoms with van der Waals surface area (Å²) in [5, 5.41) is 3.27. The van der Waals surface area contributed by atoms with Gasteiger partial charge in [0, 0.05) is 24.7 Å². The van der Waals surface area contributed by atoms with E-state index in [9.17, 15) is 0 Å². The molecule has 2 nitrogen and oxygen atoms in total. The standard InChI is InChI=1S/C16H20N2S/c1-2-5-14(6-3-1)8-9-15-7-4-11-18(13-15)16-17-10-12-19-16/h1-3,5-6,10,12,15H,4,7-9,11,13H2. The van der Waals surface area contributed by atoms with E-state index in [0.29, 0.717) is 0 Å². The second kappa shape index (κ2) is 6.20. The Bertz CT molecular complexity index is 481. The van der Waals surface area contributed by atoms with Crippen LogP contribution in [0.4, 0.5) is 5.13 Å². The molecule has 1 aliphatic rings. The quantitative estimate of drug-likeness (QED) is 0.836. The van der Waals surface area contributed by atoms with Crippen molar-refractivity contribution in [2.75, 3.05) is 18.0 Å². The van der Waals surface area contributed by atoms with Crippen LogP contribution in [0.1, 0.15) is 24.8 Å². The van der Waals surface area contributed by atoms with Gasteiger partial charge in [0.05, 0.1) is 0 Å². The van der Waals surface area contributed by atoms with Crippen LogP contribution in [0.3, 0.4) is 0 Å². The third-order valence-electron chi connectivity index (χ3n) is 3.89. The van der Waals surface area contributed by atoms with Crippen LogP contribution in [0.2, 0.25) is 0 Å². The number of rotatable bonds is 4. The molecule has 0 N–H and O–H groups in total. The highest BCUT2D eigenvalue weighted by atomic mass is 32.1. The molecule has 1 saturated heterocycles. The largest absolute Gasteiger partial charge is 0.348 e. The summed E-state index contributed by atoms with van der Waals surface area (Å²) in [6, 6.07) is 10.8. The highest BCUT2D eigenvalue weighted by molar-refractivity contribution is 7.13. The van der Waals surface area contributed by atoms with Crippen molar-refractivity contribution < 1.29 is 0 Å². The van der Waals surface area contributed by atoms with E-state index in [2.05, 4.69) is 45.6 Å². The summed E-state index contributed by atoms with van der Waals surface area (Å²) in [6.45, 7) is 2.36. The van der Waals surface area contributed by atoms with Gasteiger partial charge in [-0.1, -0.05) is 30.3 Å². The lowest BCUT2D eigenvalue weighted by molar-refractivity contribution is 0.391. The van der Waals surface area contributed by atoms with Crippen molar-refractivity contribution in [3.8, 4) is 0 Å². The van der Waals surface area contributed by atoms with Gasteiger partial charge in [-0.25, -0.2) is 4.98 Å². The number of benzene rings is 1. The van der Waals surface area contributed by atoms with Gasteiger partial charge in [0.2, 0.25) is 0 Å². The van der Waals surface area contributed by atoms with Crippen molar-refractivity contribution in [3.63, 3.8) is 0 Å². The van der Waals surface area contributed by atoms with Crippen LogP contribution >= 0.6 is 11.3 Å². The van der Waals surface area contributed by atoms with Crippen molar-refractivity contribution in [2.24, 2.45) is 5.92 Å². The molecular formula is C16H20N2S. The lowest BCUT2D eigenvalue weighted by Crippen LogP contribution is -2.35. The average Bonchev–Trinajstić information content (AvgIpc) is 3.01. The van der Waals surface area contributed by atoms with Gasteiger partial charge in [-0.15, -0.1) is 11.3 Å². The Labute approximate surface area is 119 Å². The van der Waals surface area contributed by atoms with Crippen molar-refractivity contribution in [1.29, 1.82) is 0 Å². The third kappa shape index (κ3) is 3.35. The van der Waals surface area contributed by atoms with Crippen LogP contribution in [0.15, 0.2) is 41.9 Å². The highest BCUT2D eigenvalue weighted by Crippen LogP contribution is 2.27. The molecule has 0 spiro atoms. The molecule has 1 fully saturated rings. The zero-order chi connectivity index (χ0) is 12.9. The van der Waals surface area contributed by atoms with E-state index < -0.39 is 0 Å². The summed E-state index contributed by atoms with van der Waals surface area (Å²) in [5.41, 5.74) is 1.47. The lowest BCUT2D eigenvalue weighted by atomic mass is 9.92. The molecule has 2 heterocycles. The van der Waals surface area contributed by atoms with Crippen LogP contribution in [-0.4, -0.2) is 18.1 Å². The number of aromatic nitrogens is 1. The molecule has 100 valence electrons. The van der Waals surface area contributed by atoms with Gasteiger partial charge in [0.25, 0.3) is 0 Å². The number of thiazole rings is 1. The monoisotopic (exact) mass is 272 g/mol. The fraction of sp³-hybridized carbons (Fsp3) is 0.438. The van der Waals surface area contributed by atoms with E-state index in [0.717, 1.165) is 5.92 Å². The van der Waals surface area contributed by atoms with Gasteiger partial charge in [0.15, 0.2) is 5.13 Å². The molecule has 2 aromatic rings. The zero-order valence-corrected chi connectivity index (χ0v) is 12.0. The molecule has 0 aliphatic carbocycles. The van der Waals surface area contributed by atoms with E-state index in [-0.39, 0.29) is 0 Å². The fourth-order valence-electron chi connectivity index (χ4n) is 2.86. The normalized spacial score (nSPS) is 19.6. The highest BCUT2D eigenvalue weighted by Gasteiger charge is 2.21. The maximum absolute atomic E-state index is 4.44. The minimum Gasteiger partial charge on any atom is -0.348 e. The number of hydrogen-bond donors (Lipinski definition) is 0. The van der Waals surface area contributed by atoms with E-state index >= 15 is 0 Å². The Kier molecular flexibility index (Phi) is 4.13. The first-order valence-corrected chi connectivity index (χ1v) is 7.98. The molecule has 0 radical (unpaired) electrons. The van der Waals surface area contributed by atoms with Crippen molar-refractivity contribution >= 4 is 16.5 Å². The minimum absolute atomic E-state index is 0.817. The van der Waals surface area contributed by atoms with E-state index in [1.807, 2.05) is 6.20 Å². The Balaban J connectivity index is 1.54. The van der Waals surface area contributed by atoms with Gasteiger partial charge in [-0.2, -0.15) is 0 Å². The minimum atomic E-state index is 0.817. The van der Waals surface area contributed by atoms with Crippen LogP contribution in [0, 0.1) is 5.92 Å². The molecule has 0 bridgehead atoms. The maximum Gasteiger partial charge on any atom is 0.185 e. The van der Waals surface area contributed by atoms with Crippen LogP contribution < -0.4 is 4.90 Å². The van der Waals surface area contributed by atoms with E-state index in [4.69, 9.17) is 0 Å². The molecule has 3 rings (SSSR count). The first kappa shape index (κ1) is 12.7. The zero-order valence-electron chi connectivity index (χ0n) is 11.2. The van der Waals surface area contributed by atoms with Crippen molar-refractivity contribution in [3.05, 3.63) is 47.5 Å². The second-order valence-electron chi connectivity index (χ2n) is 5.29. The predicted octanol–water partition coefficient (Wildman–Crippen LogP) is 3.99. The summed E-state index contributed by atoms with van der Waals surface area (Å²) in [5.74, 6) is 0.817. The molecule has 19 heavy (non-hydrogen) atoms. The second-order valence-corrected chi connectivity index (χ2v) is 6.17. The number of piperidine rings is 1. The molecule has 1 unspecified atom stereocenters. The van der Waals surface area contributed by atoms with E-state index in [1.54, 1.807) is 11.3 Å². The van der Waals surface area contributed by atoms with Crippen molar-refractivity contribution in [1.82, 2.24) is 4.98 Å². The Hall–Kier alpha value is -1.35. The summed E-state index contributed by atoms with van der Waals surface area (Å²) >= 11 is 1.76. The fourth-order valence-corrected chi connectivity index (χ4v) is 3.54. The van der Waals surface area contributed by atoms with Crippen LogP contribution in [-0.2, 0) is 6.42 Å². The van der Waals surface area contributed by atoms with Crippen LogP contribution in [0.5, 0.6) is 0 Å². The molecule has 0 saturated carbocycles. The summed E-state index contributed by atoms with van der Waals surface area (Å²) in [7, 11) is 0. The van der Waals surface area contributed by atoms with Gasteiger partial charge in [0.1, 0.15) is 0 Å². The maximum atomic E-state index is 4.44. The molecule has 1 aromatic carbocycles. The van der Waals surface area contributed by atoms with Crippen molar-refractivity contribution in [2.45, 2.75) is 25.7 Å². The summed E-state index contributed by atoms with van der Waals surface area (Å²) < 4.78 is 0. The van der Waals surface area contributed by atoms with Crippen LogP contribution in [0.25, 0.3) is 0 Å². The molecular weight excluding hydrogens is 252 g/mol. The number of aryl methyl sites for hydroxylation is 1. The first-order valence-electron chi connectivity index (χ1n) is 7.10.